The smallest absolute Gasteiger partial charge is 0.106 e. The summed E-state index contributed by atoms with van der Waals surface area (Å²) >= 11 is 5.14. The van der Waals surface area contributed by atoms with Gasteiger partial charge in [-0.25, -0.2) is 4.68 Å². The van der Waals surface area contributed by atoms with E-state index in [0.717, 1.165) is 27.7 Å². The van der Waals surface area contributed by atoms with Crippen molar-refractivity contribution in [3.8, 4) is 5.69 Å². The minimum Gasteiger partial charge on any atom is -0.389 e. The Bertz CT molecular complexity index is 774. The Morgan fingerprint density at radius 3 is 2.74 bits per heavy atom. The lowest BCUT2D eigenvalue weighted by molar-refractivity contribution is 0.900. The molecule has 0 aliphatic rings. The molecule has 0 aliphatic carbocycles. The first kappa shape index (κ1) is 11.9. The van der Waals surface area contributed by atoms with E-state index in [-0.39, 0.29) is 0 Å². The number of aryl methyl sites for hydroxylation is 1. The third-order valence-corrected chi connectivity index (χ3v) is 3.41. The van der Waals surface area contributed by atoms with Gasteiger partial charge in [0.2, 0.25) is 0 Å². The molecule has 0 saturated carbocycles. The number of para-hydroxylation sites is 2. The Balaban J connectivity index is 2.36. The highest BCUT2D eigenvalue weighted by molar-refractivity contribution is 7.80. The summed E-state index contributed by atoms with van der Waals surface area (Å²) in [5, 5.41) is 5.57. The zero-order chi connectivity index (χ0) is 13.4. The second-order valence-electron chi connectivity index (χ2n) is 4.45. The summed E-state index contributed by atoms with van der Waals surface area (Å²) in [4.78, 5) is 0.387. The van der Waals surface area contributed by atoms with Crippen LogP contribution in [0, 0.1) is 6.92 Å². The number of rotatable bonds is 2. The van der Waals surface area contributed by atoms with Gasteiger partial charge in [0, 0.05) is 10.9 Å². The Morgan fingerprint density at radius 2 is 1.95 bits per heavy atom. The Hall–Kier alpha value is -2.20. The number of aromatic nitrogens is 2. The lowest BCUT2D eigenvalue weighted by Crippen LogP contribution is -2.15. The van der Waals surface area contributed by atoms with Crippen LogP contribution in [0.4, 0.5) is 0 Å². The number of nitrogens with zero attached hydrogens (tertiary/aromatic N) is 2. The van der Waals surface area contributed by atoms with Gasteiger partial charge in [-0.2, -0.15) is 5.10 Å². The molecule has 2 aromatic carbocycles. The van der Waals surface area contributed by atoms with E-state index < -0.39 is 0 Å². The molecule has 94 valence electrons. The summed E-state index contributed by atoms with van der Waals surface area (Å²) in [6.07, 6.45) is 1.85. The summed E-state index contributed by atoms with van der Waals surface area (Å²) in [6.45, 7) is 2.04. The summed E-state index contributed by atoms with van der Waals surface area (Å²) < 4.78 is 1.90. The molecule has 1 heterocycles. The maximum Gasteiger partial charge on any atom is 0.106 e. The van der Waals surface area contributed by atoms with Crippen molar-refractivity contribution in [1.29, 1.82) is 0 Å². The van der Waals surface area contributed by atoms with Crippen molar-refractivity contribution in [3.05, 3.63) is 59.8 Å². The molecule has 19 heavy (non-hydrogen) atoms. The van der Waals surface area contributed by atoms with E-state index in [9.17, 15) is 0 Å². The van der Waals surface area contributed by atoms with Crippen LogP contribution in [0.5, 0.6) is 0 Å². The molecule has 2 N–H and O–H groups in total. The highest BCUT2D eigenvalue weighted by Gasteiger charge is 2.13. The summed E-state index contributed by atoms with van der Waals surface area (Å²) in [7, 11) is 0. The first-order chi connectivity index (χ1) is 9.18. The van der Waals surface area contributed by atoms with Crippen LogP contribution >= 0.6 is 12.2 Å². The molecule has 4 heteroatoms. The molecule has 0 saturated heterocycles. The van der Waals surface area contributed by atoms with Crippen molar-refractivity contribution in [2.45, 2.75) is 6.92 Å². The maximum atomic E-state index is 5.82. The SMILES string of the molecule is Cc1cccc(C(N)=S)c1-n1ncc2ccccc21. The van der Waals surface area contributed by atoms with Crippen molar-refractivity contribution in [3.63, 3.8) is 0 Å². The van der Waals surface area contributed by atoms with E-state index in [2.05, 4.69) is 5.10 Å². The van der Waals surface area contributed by atoms with E-state index in [1.54, 1.807) is 0 Å². The number of hydrogen-bond acceptors (Lipinski definition) is 2. The molecular formula is C15H13N3S. The Labute approximate surface area is 116 Å². The minimum atomic E-state index is 0.387. The zero-order valence-electron chi connectivity index (χ0n) is 10.5. The first-order valence-corrected chi connectivity index (χ1v) is 6.42. The normalized spacial score (nSPS) is 10.8. The van der Waals surface area contributed by atoms with E-state index >= 15 is 0 Å². The van der Waals surface area contributed by atoms with Crippen molar-refractivity contribution in [2.75, 3.05) is 0 Å². The van der Waals surface area contributed by atoms with Crippen LogP contribution < -0.4 is 5.73 Å². The van der Waals surface area contributed by atoms with Crippen LogP contribution in [0.25, 0.3) is 16.6 Å². The number of benzene rings is 2. The molecule has 0 radical (unpaired) electrons. The van der Waals surface area contributed by atoms with Crippen LogP contribution in [0.15, 0.2) is 48.7 Å². The molecule has 0 fully saturated rings. The van der Waals surface area contributed by atoms with Gasteiger partial charge >= 0.3 is 0 Å². The van der Waals surface area contributed by atoms with Crippen LogP contribution in [0.3, 0.4) is 0 Å². The molecule has 3 rings (SSSR count). The average molecular weight is 267 g/mol. The largest absolute Gasteiger partial charge is 0.389 e. The maximum absolute atomic E-state index is 5.82. The second kappa shape index (κ2) is 4.48. The standard InChI is InChI=1S/C15H13N3S/c1-10-5-4-7-12(15(16)19)14(10)18-13-8-3-2-6-11(13)9-17-18/h2-9H,1H3,(H2,16,19). The molecule has 0 amide bonds. The zero-order valence-corrected chi connectivity index (χ0v) is 11.3. The average Bonchev–Trinajstić information content (AvgIpc) is 2.82. The highest BCUT2D eigenvalue weighted by atomic mass is 32.1. The van der Waals surface area contributed by atoms with Gasteiger partial charge in [-0.3, -0.25) is 0 Å². The molecule has 0 bridgehead atoms. The van der Waals surface area contributed by atoms with E-state index in [4.69, 9.17) is 18.0 Å². The third-order valence-electron chi connectivity index (χ3n) is 3.19. The molecule has 0 unspecified atom stereocenters. The number of hydrogen-bond donors (Lipinski definition) is 1. The summed E-state index contributed by atoms with van der Waals surface area (Å²) in [5.41, 5.74) is 9.78. The first-order valence-electron chi connectivity index (χ1n) is 6.01. The lowest BCUT2D eigenvalue weighted by atomic mass is 10.1. The monoisotopic (exact) mass is 267 g/mol. The fraction of sp³-hybridized carbons (Fsp3) is 0.0667. The van der Waals surface area contributed by atoms with Gasteiger partial charge in [0.05, 0.1) is 17.4 Å². The highest BCUT2D eigenvalue weighted by Crippen LogP contribution is 2.23. The van der Waals surface area contributed by atoms with Gasteiger partial charge in [0.15, 0.2) is 0 Å². The fourth-order valence-electron chi connectivity index (χ4n) is 2.29. The molecule has 3 nitrogen and oxygen atoms in total. The Kier molecular flexibility index (Phi) is 2.80. The number of thiocarbonyl (C=S) groups is 1. The van der Waals surface area contributed by atoms with Crippen LogP contribution in [-0.2, 0) is 0 Å². The quantitative estimate of drug-likeness (QED) is 0.726. The van der Waals surface area contributed by atoms with E-state index in [0.29, 0.717) is 4.99 Å². The predicted molar refractivity (Wildman–Crippen MR) is 81.7 cm³/mol. The minimum absolute atomic E-state index is 0.387. The van der Waals surface area contributed by atoms with Crippen LogP contribution in [0.1, 0.15) is 11.1 Å². The van der Waals surface area contributed by atoms with Gasteiger partial charge in [0.25, 0.3) is 0 Å². The lowest BCUT2D eigenvalue weighted by Gasteiger charge is -2.12. The van der Waals surface area contributed by atoms with Crippen LogP contribution in [-0.4, -0.2) is 14.8 Å². The van der Waals surface area contributed by atoms with Gasteiger partial charge in [-0.05, 0) is 24.6 Å². The van der Waals surface area contributed by atoms with Gasteiger partial charge < -0.3 is 5.73 Å². The van der Waals surface area contributed by atoms with Crippen LogP contribution in [0.2, 0.25) is 0 Å². The topological polar surface area (TPSA) is 43.8 Å². The fourth-order valence-corrected chi connectivity index (χ4v) is 2.45. The molecule has 1 aromatic heterocycles. The predicted octanol–water partition coefficient (Wildman–Crippen LogP) is 2.97. The van der Waals surface area contributed by atoms with Crippen molar-refractivity contribution >= 4 is 28.1 Å². The van der Waals surface area contributed by atoms with Gasteiger partial charge in [0.1, 0.15) is 4.99 Å². The Morgan fingerprint density at radius 1 is 1.16 bits per heavy atom. The van der Waals surface area contributed by atoms with Crippen molar-refractivity contribution in [1.82, 2.24) is 9.78 Å². The van der Waals surface area contributed by atoms with Crippen molar-refractivity contribution < 1.29 is 0 Å². The number of nitrogens with two attached hydrogens (primary N) is 1. The molecule has 0 atom stereocenters. The summed E-state index contributed by atoms with van der Waals surface area (Å²) in [6, 6.07) is 14.0. The molecule has 0 aliphatic heterocycles. The second-order valence-corrected chi connectivity index (χ2v) is 4.89. The van der Waals surface area contributed by atoms with Crippen molar-refractivity contribution in [2.24, 2.45) is 5.73 Å². The van der Waals surface area contributed by atoms with E-state index in [1.165, 1.54) is 0 Å². The summed E-state index contributed by atoms with van der Waals surface area (Å²) in [5.74, 6) is 0. The number of fused-ring (bicyclic) bond motifs is 1. The molecule has 0 spiro atoms. The molecule has 3 aromatic rings. The van der Waals surface area contributed by atoms with E-state index in [1.807, 2.05) is 60.3 Å². The van der Waals surface area contributed by atoms with Gasteiger partial charge in [-0.15, -0.1) is 0 Å². The van der Waals surface area contributed by atoms with Gasteiger partial charge in [-0.1, -0.05) is 42.5 Å². The molecular weight excluding hydrogens is 254 g/mol. The third kappa shape index (κ3) is 1.90.